The molecule has 0 amide bonds. The molecule has 13 heavy (non-hydrogen) atoms. The summed E-state index contributed by atoms with van der Waals surface area (Å²) in [4.78, 5) is 0. The first-order valence-corrected chi connectivity index (χ1v) is 4.91. The van der Waals surface area contributed by atoms with Crippen molar-refractivity contribution in [2.24, 2.45) is 0 Å². The highest BCUT2D eigenvalue weighted by atomic mass is 79.9. The van der Waals surface area contributed by atoms with E-state index in [4.69, 9.17) is 4.42 Å². The molecule has 0 spiro atoms. The van der Waals surface area contributed by atoms with Gasteiger partial charge in [-0.15, -0.1) is 0 Å². The lowest BCUT2D eigenvalue weighted by Crippen LogP contribution is -2.05. The molecule has 0 saturated heterocycles. The molecule has 1 aromatic heterocycles. The van der Waals surface area contributed by atoms with E-state index in [-0.39, 0.29) is 0 Å². The van der Waals surface area contributed by atoms with Crippen molar-refractivity contribution in [3.05, 3.63) is 34.5 Å². The van der Waals surface area contributed by atoms with Crippen LogP contribution in [0.2, 0.25) is 0 Å². The van der Waals surface area contributed by atoms with Gasteiger partial charge in [0.2, 0.25) is 0 Å². The predicted octanol–water partition coefficient (Wildman–Crippen LogP) is 2.91. The van der Waals surface area contributed by atoms with Gasteiger partial charge in [0.15, 0.2) is 0 Å². The SMILES string of the molecule is CNCc1cc(Br)cc2ccoc12. The third-order valence-electron chi connectivity index (χ3n) is 1.96. The molecule has 0 aliphatic carbocycles. The van der Waals surface area contributed by atoms with Crippen LogP contribution in [0.3, 0.4) is 0 Å². The number of fused-ring (bicyclic) bond motifs is 1. The summed E-state index contributed by atoms with van der Waals surface area (Å²) in [5, 5.41) is 4.25. The van der Waals surface area contributed by atoms with Crippen LogP contribution in [0.25, 0.3) is 11.0 Å². The topological polar surface area (TPSA) is 25.2 Å². The van der Waals surface area contributed by atoms with Gasteiger partial charge in [0.1, 0.15) is 5.58 Å². The number of nitrogens with one attached hydrogen (secondary N) is 1. The Balaban J connectivity index is 2.63. The summed E-state index contributed by atoms with van der Waals surface area (Å²) in [6.45, 7) is 0.823. The van der Waals surface area contributed by atoms with Crippen molar-refractivity contribution < 1.29 is 4.42 Å². The maximum atomic E-state index is 5.40. The normalized spacial score (nSPS) is 10.9. The van der Waals surface area contributed by atoms with E-state index in [0.29, 0.717) is 0 Å². The van der Waals surface area contributed by atoms with E-state index in [1.165, 1.54) is 5.56 Å². The smallest absolute Gasteiger partial charge is 0.138 e. The predicted molar refractivity (Wildman–Crippen MR) is 56.7 cm³/mol. The van der Waals surface area contributed by atoms with Gasteiger partial charge in [0.25, 0.3) is 0 Å². The highest BCUT2D eigenvalue weighted by molar-refractivity contribution is 9.10. The lowest BCUT2D eigenvalue weighted by Gasteiger charge is -2.01. The molecule has 2 rings (SSSR count). The Morgan fingerprint density at radius 3 is 3.08 bits per heavy atom. The summed E-state index contributed by atoms with van der Waals surface area (Å²) in [6, 6.07) is 6.10. The monoisotopic (exact) mass is 239 g/mol. The molecule has 2 aromatic rings. The summed E-state index contributed by atoms with van der Waals surface area (Å²) >= 11 is 3.47. The fraction of sp³-hybridized carbons (Fsp3) is 0.200. The van der Waals surface area contributed by atoms with Crippen LogP contribution >= 0.6 is 15.9 Å². The molecule has 1 N–H and O–H groups in total. The maximum Gasteiger partial charge on any atom is 0.138 e. The van der Waals surface area contributed by atoms with Crippen LogP contribution in [0.1, 0.15) is 5.56 Å². The zero-order valence-corrected chi connectivity index (χ0v) is 8.89. The zero-order chi connectivity index (χ0) is 9.26. The second-order valence-electron chi connectivity index (χ2n) is 2.93. The summed E-state index contributed by atoms with van der Waals surface area (Å²) < 4.78 is 6.49. The number of benzene rings is 1. The lowest BCUT2D eigenvalue weighted by molar-refractivity contribution is 0.608. The first-order valence-electron chi connectivity index (χ1n) is 4.11. The highest BCUT2D eigenvalue weighted by Crippen LogP contribution is 2.25. The molecule has 1 aromatic carbocycles. The van der Waals surface area contributed by atoms with Crippen molar-refractivity contribution in [1.29, 1.82) is 0 Å². The van der Waals surface area contributed by atoms with Gasteiger partial charge < -0.3 is 9.73 Å². The van der Waals surface area contributed by atoms with Crippen molar-refractivity contribution in [2.45, 2.75) is 6.54 Å². The van der Waals surface area contributed by atoms with Gasteiger partial charge in [-0.25, -0.2) is 0 Å². The fourth-order valence-electron chi connectivity index (χ4n) is 1.44. The standard InChI is InChI=1S/C10H10BrNO/c1-12-6-8-5-9(11)4-7-2-3-13-10(7)8/h2-5,12H,6H2,1H3. The number of furan rings is 1. The minimum absolute atomic E-state index is 0.823. The molecule has 0 bridgehead atoms. The molecule has 3 heteroatoms. The Labute approximate surface area is 85.1 Å². The number of hydrogen-bond acceptors (Lipinski definition) is 2. The molecule has 0 radical (unpaired) electrons. The Bertz CT molecular complexity index is 422. The summed E-state index contributed by atoms with van der Waals surface area (Å²) in [5.74, 6) is 0. The van der Waals surface area contributed by atoms with E-state index in [1.54, 1.807) is 6.26 Å². The minimum atomic E-state index is 0.823. The quantitative estimate of drug-likeness (QED) is 0.872. The average Bonchev–Trinajstić information content (AvgIpc) is 2.52. The van der Waals surface area contributed by atoms with Crippen molar-refractivity contribution in [2.75, 3.05) is 7.05 Å². The molecule has 0 saturated carbocycles. The van der Waals surface area contributed by atoms with E-state index in [2.05, 4.69) is 33.4 Å². The van der Waals surface area contributed by atoms with Gasteiger partial charge >= 0.3 is 0 Å². The van der Waals surface area contributed by atoms with Crippen LogP contribution in [0.4, 0.5) is 0 Å². The molecule has 0 aliphatic heterocycles. The van der Waals surface area contributed by atoms with Gasteiger partial charge in [0.05, 0.1) is 6.26 Å². The largest absolute Gasteiger partial charge is 0.464 e. The van der Waals surface area contributed by atoms with Crippen molar-refractivity contribution in [1.82, 2.24) is 5.32 Å². The Morgan fingerprint density at radius 2 is 2.31 bits per heavy atom. The molecule has 0 aliphatic rings. The minimum Gasteiger partial charge on any atom is -0.464 e. The Kier molecular flexibility index (Phi) is 2.38. The second-order valence-corrected chi connectivity index (χ2v) is 3.85. The number of hydrogen-bond donors (Lipinski definition) is 1. The third kappa shape index (κ3) is 1.62. The maximum absolute atomic E-state index is 5.40. The Hall–Kier alpha value is -0.800. The van der Waals surface area contributed by atoms with Gasteiger partial charge in [0, 0.05) is 22.0 Å². The van der Waals surface area contributed by atoms with Gasteiger partial charge in [-0.1, -0.05) is 15.9 Å². The second kappa shape index (κ2) is 3.52. The van der Waals surface area contributed by atoms with Crippen LogP contribution < -0.4 is 5.32 Å². The Morgan fingerprint density at radius 1 is 1.46 bits per heavy atom. The van der Waals surface area contributed by atoms with Crippen LogP contribution in [0, 0.1) is 0 Å². The number of halogens is 1. The molecule has 0 unspecified atom stereocenters. The summed E-state index contributed by atoms with van der Waals surface area (Å²) in [6.07, 6.45) is 1.72. The first-order chi connectivity index (χ1) is 6.31. The van der Waals surface area contributed by atoms with Gasteiger partial charge in [-0.05, 0) is 25.2 Å². The van der Waals surface area contributed by atoms with E-state index >= 15 is 0 Å². The summed E-state index contributed by atoms with van der Waals surface area (Å²) in [7, 11) is 1.93. The average molecular weight is 240 g/mol. The zero-order valence-electron chi connectivity index (χ0n) is 7.30. The summed E-state index contributed by atoms with van der Waals surface area (Å²) in [5.41, 5.74) is 2.15. The van der Waals surface area contributed by atoms with Crippen LogP contribution in [-0.4, -0.2) is 7.05 Å². The number of rotatable bonds is 2. The lowest BCUT2D eigenvalue weighted by atomic mass is 10.1. The van der Waals surface area contributed by atoms with Crippen molar-refractivity contribution >= 4 is 26.9 Å². The highest BCUT2D eigenvalue weighted by Gasteiger charge is 2.04. The van der Waals surface area contributed by atoms with Crippen LogP contribution in [-0.2, 0) is 6.54 Å². The van der Waals surface area contributed by atoms with E-state index in [0.717, 1.165) is 22.0 Å². The molecule has 1 heterocycles. The van der Waals surface area contributed by atoms with Gasteiger partial charge in [-0.3, -0.25) is 0 Å². The molecule has 68 valence electrons. The van der Waals surface area contributed by atoms with E-state index < -0.39 is 0 Å². The molecule has 2 nitrogen and oxygen atoms in total. The van der Waals surface area contributed by atoms with Crippen LogP contribution in [0.15, 0.2) is 33.4 Å². The first kappa shape index (κ1) is 8.78. The van der Waals surface area contributed by atoms with Crippen molar-refractivity contribution in [3.8, 4) is 0 Å². The third-order valence-corrected chi connectivity index (χ3v) is 2.42. The van der Waals surface area contributed by atoms with Gasteiger partial charge in [-0.2, -0.15) is 0 Å². The van der Waals surface area contributed by atoms with E-state index in [9.17, 15) is 0 Å². The molecule has 0 atom stereocenters. The van der Waals surface area contributed by atoms with Crippen LogP contribution in [0.5, 0.6) is 0 Å². The van der Waals surface area contributed by atoms with E-state index in [1.807, 2.05) is 13.1 Å². The molecule has 0 fully saturated rings. The van der Waals surface area contributed by atoms with Crippen molar-refractivity contribution in [3.63, 3.8) is 0 Å². The molecular formula is C10H10BrNO. The molecular weight excluding hydrogens is 230 g/mol. The fourth-order valence-corrected chi connectivity index (χ4v) is 1.96.